The SMILES string of the molecule is CCC(CN)N1CCN(c2ccncc2)CC1. The lowest BCUT2D eigenvalue weighted by Crippen LogP contribution is -2.52. The molecule has 1 atom stereocenters. The lowest BCUT2D eigenvalue weighted by atomic mass is 10.1. The van der Waals surface area contributed by atoms with Crippen molar-refractivity contribution >= 4 is 5.69 Å². The Bertz CT molecular complexity index is 315. The zero-order chi connectivity index (χ0) is 12.1. The lowest BCUT2D eigenvalue weighted by molar-refractivity contribution is 0.184. The molecule has 0 bridgehead atoms. The van der Waals surface area contributed by atoms with Gasteiger partial charge in [-0.3, -0.25) is 9.88 Å². The van der Waals surface area contributed by atoms with Crippen LogP contribution in [0, 0.1) is 0 Å². The van der Waals surface area contributed by atoms with E-state index < -0.39 is 0 Å². The number of hydrogen-bond acceptors (Lipinski definition) is 4. The first-order valence-electron chi connectivity index (χ1n) is 6.44. The predicted molar refractivity (Wildman–Crippen MR) is 71.2 cm³/mol. The molecule has 17 heavy (non-hydrogen) atoms. The van der Waals surface area contributed by atoms with Crippen LogP contribution in [0.15, 0.2) is 24.5 Å². The lowest BCUT2D eigenvalue weighted by Gasteiger charge is -2.39. The molecule has 1 aromatic heterocycles. The van der Waals surface area contributed by atoms with Crippen molar-refractivity contribution in [2.24, 2.45) is 5.73 Å². The zero-order valence-electron chi connectivity index (χ0n) is 10.5. The summed E-state index contributed by atoms with van der Waals surface area (Å²) in [5.41, 5.74) is 7.07. The minimum atomic E-state index is 0.551. The van der Waals surface area contributed by atoms with Gasteiger partial charge in [0.25, 0.3) is 0 Å². The highest BCUT2D eigenvalue weighted by Gasteiger charge is 2.21. The van der Waals surface area contributed by atoms with E-state index in [4.69, 9.17) is 5.73 Å². The Balaban J connectivity index is 1.90. The van der Waals surface area contributed by atoms with Crippen molar-refractivity contribution in [3.8, 4) is 0 Å². The van der Waals surface area contributed by atoms with E-state index in [1.54, 1.807) is 0 Å². The average Bonchev–Trinajstić information content (AvgIpc) is 2.42. The second kappa shape index (κ2) is 5.98. The van der Waals surface area contributed by atoms with Gasteiger partial charge in [-0.1, -0.05) is 6.92 Å². The highest BCUT2D eigenvalue weighted by Crippen LogP contribution is 2.16. The molecule has 2 rings (SSSR count). The van der Waals surface area contributed by atoms with Crippen molar-refractivity contribution in [1.29, 1.82) is 0 Å². The van der Waals surface area contributed by atoms with E-state index in [0.717, 1.165) is 39.1 Å². The summed E-state index contributed by atoms with van der Waals surface area (Å²) >= 11 is 0. The summed E-state index contributed by atoms with van der Waals surface area (Å²) < 4.78 is 0. The number of nitrogens with zero attached hydrogens (tertiary/aromatic N) is 3. The molecule has 1 saturated heterocycles. The number of aromatic nitrogens is 1. The van der Waals surface area contributed by atoms with Crippen LogP contribution >= 0.6 is 0 Å². The van der Waals surface area contributed by atoms with Crippen molar-refractivity contribution in [2.75, 3.05) is 37.6 Å². The summed E-state index contributed by atoms with van der Waals surface area (Å²) in [6.07, 6.45) is 4.86. The van der Waals surface area contributed by atoms with Gasteiger partial charge in [-0.05, 0) is 18.6 Å². The molecule has 2 N–H and O–H groups in total. The van der Waals surface area contributed by atoms with Crippen molar-refractivity contribution in [2.45, 2.75) is 19.4 Å². The molecule has 1 unspecified atom stereocenters. The van der Waals surface area contributed by atoms with Crippen LogP contribution in [0.1, 0.15) is 13.3 Å². The van der Waals surface area contributed by atoms with Crippen molar-refractivity contribution in [3.05, 3.63) is 24.5 Å². The largest absolute Gasteiger partial charge is 0.369 e. The normalized spacial score (nSPS) is 19.3. The highest BCUT2D eigenvalue weighted by atomic mass is 15.3. The molecule has 1 aromatic rings. The second-order valence-electron chi connectivity index (χ2n) is 4.53. The number of anilines is 1. The molecule has 0 spiro atoms. The summed E-state index contributed by atoms with van der Waals surface area (Å²) in [7, 11) is 0. The van der Waals surface area contributed by atoms with Crippen LogP contribution < -0.4 is 10.6 Å². The first-order chi connectivity index (χ1) is 8.35. The fraction of sp³-hybridized carbons (Fsp3) is 0.615. The van der Waals surface area contributed by atoms with E-state index in [-0.39, 0.29) is 0 Å². The van der Waals surface area contributed by atoms with Gasteiger partial charge in [-0.25, -0.2) is 0 Å². The first-order valence-corrected chi connectivity index (χ1v) is 6.44. The second-order valence-corrected chi connectivity index (χ2v) is 4.53. The minimum absolute atomic E-state index is 0.551. The summed E-state index contributed by atoms with van der Waals surface area (Å²) in [6, 6.07) is 4.71. The third kappa shape index (κ3) is 2.96. The van der Waals surface area contributed by atoms with Gasteiger partial charge in [0, 0.05) is 56.8 Å². The maximum atomic E-state index is 5.80. The number of rotatable bonds is 4. The molecule has 0 radical (unpaired) electrons. The Hall–Kier alpha value is -1.13. The van der Waals surface area contributed by atoms with Crippen LogP contribution in [0.25, 0.3) is 0 Å². The monoisotopic (exact) mass is 234 g/mol. The summed E-state index contributed by atoms with van der Waals surface area (Å²) in [4.78, 5) is 8.99. The Labute approximate surface area is 103 Å². The van der Waals surface area contributed by atoms with Gasteiger partial charge >= 0.3 is 0 Å². The average molecular weight is 234 g/mol. The number of piperazine rings is 1. The van der Waals surface area contributed by atoms with Gasteiger partial charge in [-0.2, -0.15) is 0 Å². The summed E-state index contributed by atoms with van der Waals surface area (Å²) in [5, 5.41) is 0. The molecule has 2 heterocycles. The maximum absolute atomic E-state index is 5.80. The van der Waals surface area contributed by atoms with Crippen LogP contribution in [-0.2, 0) is 0 Å². The van der Waals surface area contributed by atoms with Crippen LogP contribution in [0.5, 0.6) is 0 Å². The van der Waals surface area contributed by atoms with Crippen LogP contribution in [-0.4, -0.2) is 48.6 Å². The van der Waals surface area contributed by atoms with E-state index in [0.29, 0.717) is 6.04 Å². The topological polar surface area (TPSA) is 45.4 Å². The molecular weight excluding hydrogens is 212 g/mol. The fourth-order valence-electron chi connectivity index (χ4n) is 2.47. The molecule has 0 amide bonds. The van der Waals surface area contributed by atoms with Crippen molar-refractivity contribution in [3.63, 3.8) is 0 Å². The summed E-state index contributed by atoms with van der Waals surface area (Å²) in [6.45, 7) is 7.37. The third-order valence-electron chi connectivity index (χ3n) is 3.60. The molecule has 4 heteroatoms. The van der Waals surface area contributed by atoms with Gasteiger partial charge in [0.1, 0.15) is 0 Å². The van der Waals surface area contributed by atoms with Gasteiger partial charge in [-0.15, -0.1) is 0 Å². The van der Waals surface area contributed by atoms with E-state index in [2.05, 4.69) is 33.8 Å². The van der Waals surface area contributed by atoms with Gasteiger partial charge in [0.05, 0.1) is 0 Å². The molecule has 0 aliphatic carbocycles. The number of pyridine rings is 1. The number of hydrogen-bond donors (Lipinski definition) is 1. The van der Waals surface area contributed by atoms with Crippen LogP contribution in [0.2, 0.25) is 0 Å². The predicted octanol–water partition coefficient (Wildman–Crippen LogP) is 0.941. The first kappa shape index (κ1) is 12.3. The van der Waals surface area contributed by atoms with E-state index in [1.807, 2.05) is 12.4 Å². The molecule has 0 aromatic carbocycles. The Morgan fingerprint density at radius 2 is 1.88 bits per heavy atom. The van der Waals surface area contributed by atoms with Crippen molar-refractivity contribution < 1.29 is 0 Å². The molecular formula is C13H22N4. The smallest absolute Gasteiger partial charge is 0.0397 e. The fourth-order valence-corrected chi connectivity index (χ4v) is 2.47. The maximum Gasteiger partial charge on any atom is 0.0397 e. The quantitative estimate of drug-likeness (QED) is 0.842. The summed E-state index contributed by atoms with van der Waals surface area (Å²) in [5.74, 6) is 0. The highest BCUT2D eigenvalue weighted by molar-refractivity contribution is 5.44. The van der Waals surface area contributed by atoms with E-state index in [9.17, 15) is 0 Å². The van der Waals surface area contributed by atoms with Gasteiger partial charge < -0.3 is 10.6 Å². The van der Waals surface area contributed by atoms with Crippen LogP contribution in [0.4, 0.5) is 5.69 Å². The molecule has 1 aliphatic rings. The molecule has 4 nitrogen and oxygen atoms in total. The molecule has 94 valence electrons. The Morgan fingerprint density at radius 1 is 1.24 bits per heavy atom. The molecule has 0 saturated carbocycles. The zero-order valence-corrected chi connectivity index (χ0v) is 10.5. The standard InChI is InChI=1S/C13H22N4/c1-2-12(11-14)16-7-9-17(10-8-16)13-3-5-15-6-4-13/h3-6,12H,2,7-11,14H2,1H3. The third-order valence-corrected chi connectivity index (χ3v) is 3.60. The molecule has 1 fully saturated rings. The van der Waals surface area contributed by atoms with Crippen molar-refractivity contribution in [1.82, 2.24) is 9.88 Å². The van der Waals surface area contributed by atoms with Gasteiger partial charge in [0.15, 0.2) is 0 Å². The van der Waals surface area contributed by atoms with Crippen LogP contribution in [0.3, 0.4) is 0 Å². The molecule has 1 aliphatic heterocycles. The van der Waals surface area contributed by atoms with E-state index in [1.165, 1.54) is 5.69 Å². The Morgan fingerprint density at radius 3 is 2.41 bits per heavy atom. The van der Waals surface area contributed by atoms with Gasteiger partial charge in [0.2, 0.25) is 0 Å². The Kier molecular flexibility index (Phi) is 4.34. The number of nitrogens with two attached hydrogens (primary N) is 1. The van der Waals surface area contributed by atoms with E-state index >= 15 is 0 Å². The minimum Gasteiger partial charge on any atom is -0.369 e.